The largest absolute Gasteiger partial charge is 0.377 e. The Morgan fingerprint density at radius 3 is 2.71 bits per heavy atom. The van der Waals surface area contributed by atoms with Crippen LogP contribution in [0.15, 0.2) is 0 Å². The van der Waals surface area contributed by atoms with E-state index in [1.807, 2.05) is 6.92 Å². The van der Waals surface area contributed by atoms with Crippen LogP contribution in [0.25, 0.3) is 0 Å². The predicted octanol–water partition coefficient (Wildman–Crippen LogP) is 1.62. The second kappa shape index (κ2) is 5.67. The fourth-order valence-corrected chi connectivity index (χ4v) is 3.79. The molecule has 0 aromatic heterocycles. The highest BCUT2D eigenvalue weighted by Gasteiger charge is 2.32. The summed E-state index contributed by atoms with van der Waals surface area (Å²) in [7, 11) is -3.02. The molecule has 4 nitrogen and oxygen atoms in total. The van der Waals surface area contributed by atoms with Crippen LogP contribution in [-0.4, -0.2) is 44.3 Å². The number of rotatable bonds is 7. The number of ether oxygens (including phenoxy) is 1. The van der Waals surface area contributed by atoms with Crippen LogP contribution < -0.4 is 0 Å². The number of sulfonamides is 1. The van der Waals surface area contributed by atoms with Crippen LogP contribution in [0, 0.1) is 5.92 Å². The second-order valence-electron chi connectivity index (χ2n) is 5.21. The fraction of sp³-hybridized carbons (Fsp3) is 1.00. The number of hydrogen-bond donors (Lipinski definition) is 0. The van der Waals surface area contributed by atoms with E-state index < -0.39 is 10.0 Å². The molecule has 1 atom stereocenters. The van der Waals surface area contributed by atoms with Crippen molar-refractivity contribution in [1.29, 1.82) is 0 Å². The van der Waals surface area contributed by atoms with E-state index in [0.29, 0.717) is 18.8 Å². The molecule has 1 aliphatic heterocycles. The van der Waals surface area contributed by atoms with Crippen molar-refractivity contribution in [3.63, 3.8) is 0 Å². The Morgan fingerprint density at radius 2 is 2.06 bits per heavy atom. The summed E-state index contributed by atoms with van der Waals surface area (Å²) in [4.78, 5) is 0. The number of hydrogen-bond acceptors (Lipinski definition) is 3. The van der Waals surface area contributed by atoms with Crippen molar-refractivity contribution in [3.05, 3.63) is 0 Å². The summed E-state index contributed by atoms with van der Waals surface area (Å²) in [5.41, 5.74) is 0. The maximum absolute atomic E-state index is 12.0. The molecule has 2 fully saturated rings. The van der Waals surface area contributed by atoms with Gasteiger partial charge in [0.15, 0.2) is 0 Å². The van der Waals surface area contributed by atoms with Crippen LogP contribution in [0.5, 0.6) is 0 Å². The van der Waals surface area contributed by atoms with Crippen LogP contribution in [0.3, 0.4) is 0 Å². The minimum absolute atomic E-state index is 0.131. The van der Waals surface area contributed by atoms with Crippen LogP contribution in [0.2, 0.25) is 0 Å². The number of nitrogens with zero attached hydrogens (tertiary/aromatic N) is 1. The molecule has 1 unspecified atom stereocenters. The van der Waals surface area contributed by atoms with E-state index in [0.717, 1.165) is 31.8 Å². The molecule has 1 saturated carbocycles. The standard InChI is InChI=1S/C12H23NO3S/c1-2-3-8-17(14,15)13-7-6-12(9-13)16-10-11-4-5-11/h11-12H,2-10H2,1H3. The molecule has 0 N–H and O–H groups in total. The highest BCUT2D eigenvalue weighted by atomic mass is 32.2. The van der Waals surface area contributed by atoms with Gasteiger partial charge in [0.05, 0.1) is 11.9 Å². The summed E-state index contributed by atoms with van der Waals surface area (Å²) in [6.07, 6.45) is 5.24. The van der Waals surface area contributed by atoms with Crippen LogP contribution in [0.1, 0.15) is 39.0 Å². The van der Waals surface area contributed by atoms with Crippen molar-refractivity contribution >= 4 is 10.0 Å². The molecule has 1 aliphatic carbocycles. The second-order valence-corrected chi connectivity index (χ2v) is 7.30. The van der Waals surface area contributed by atoms with E-state index in [-0.39, 0.29) is 6.10 Å². The number of unbranched alkanes of at least 4 members (excludes halogenated alkanes) is 1. The Bertz CT molecular complexity index is 338. The van der Waals surface area contributed by atoms with Crippen molar-refractivity contribution in [2.75, 3.05) is 25.4 Å². The Hall–Kier alpha value is -0.130. The molecule has 100 valence electrons. The molecule has 0 radical (unpaired) electrons. The summed E-state index contributed by atoms with van der Waals surface area (Å²) in [6.45, 7) is 4.05. The molecule has 1 heterocycles. The summed E-state index contributed by atoms with van der Waals surface area (Å²) in [5.74, 6) is 1.04. The van der Waals surface area contributed by atoms with E-state index in [1.165, 1.54) is 12.8 Å². The minimum Gasteiger partial charge on any atom is -0.377 e. The van der Waals surface area contributed by atoms with Gasteiger partial charge in [-0.3, -0.25) is 0 Å². The van der Waals surface area contributed by atoms with Crippen molar-refractivity contribution < 1.29 is 13.2 Å². The van der Waals surface area contributed by atoms with E-state index >= 15 is 0 Å². The van der Waals surface area contributed by atoms with Gasteiger partial charge in [0.2, 0.25) is 10.0 Å². The van der Waals surface area contributed by atoms with Crippen molar-refractivity contribution in [2.24, 2.45) is 5.92 Å². The smallest absolute Gasteiger partial charge is 0.214 e. The lowest BCUT2D eigenvalue weighted by Gasteiger charge is -2.16. The molecule has 2 aliphatic rings. The molecular formula is C12H23NO3S. The van der Waals surface area contributed by atoms with Gasteiger partial charge in [0.1, 0.15) is 0 Å². The van der Waals surface area contributed by atoms with Crippen LogP contribution in [-0.2, 0) is 14.8 Å². The zero-order valence-corrected chi connectivity index (χ0v) is 11.4. The van der Waals surface area contributed by atoms with Gasteiger partial charge in [-0.2, -0.15) is 4.31 Å². The van der Waals surface area contributed by atoms with Crippen molar-refractivity contribution in [3.8, 4) is 0 Å². The summed E-state index contributed by atoms with van der Waals surface area (Å²) < 4.78 is 31.3. The quantitative estimate of drug-likeness (QED) is 0.699. The van der Waals surface area contributed by atoms with E-state index in [4.69, 9.17) is 4.74 Å². The Labute approximate surface area is 104 Å². The first kappa shape index (κ1) is 13.3. The molecule has 0 amide bonds. The monoisotopic (exact) mass is 261 g/mol. The Balaban J connectivity index is 1.75. The van der Waals surface area contributed by atoms with Gasteiger partial charge in [-0.1, -0.05) is 13.3 Å². The van der Waals surface area contributed by atoms with Gasteiger partial charge < -0.3 is 4.74 Å². The maximum Gasteiger partial charge on any atom is 0.214 e. The third kappa shape index (κ3) is 3.93. The van der Waals surface area contributed by atoms with E-state index in [2.05, 4.69) is 0 Å². The maximum atomic E-state index is 12.0. The average Bonchev–Trinajstić information content (AvgIpc) is 3.00. The van der Waals surface area contributed by atoms with Gasteiger partial charge >= 0.3 is 0 Å². The molecule has 0 aromatic rings. The fourth-order valence-electron chi connectivity index (χ4n) is 2.10. The SMILES string of the molecule is CCCCS(=O)(=O)N1CCC(OCC2CC2)C1. The molecule has 0 spiro atoms. The lowest BCUT2D eigenvalue weighted by molar-refractivity contribution is 0.0561. The predicted molar refractivity (Wildman–Crippen MR) is 67.3 cm³/mol. The topological polar surface area (TPSA) is 46.6 Å². The summed E-state index contributed by atoms with van der Waals surface area (Å²) in [6, 6.07) is 0. The van der Waals surface area contributed by atoms with Gasteiger partial charge in [-0.25, -0.2) is 8.42 Å². The van der Waals surface area contributed by atoms with Crippen molar-refractivity contribution in [2.45, 2.75) is 45.1 Å². The molecule has 2 rings (SSSR count). The summed E-state index contributed by atoms with van der Waals surface area (Å²) in [5, 5.41) is 0. The molecule has 0 aromatic carbocycles. The Morgan fingerprint density at radius 1 is 1.29 bits per heavy atom. The first-order chi connectivity index (χ1) is 8.12. The lowest BCUT2D eigenvalue weighted by atomic mass is 10.3. The van der Waals surface area contributed by atoms with Crippen molar-refractivity contribution in [1.82, 2.24) is 4.31 Å². The third-order valence-corrected chi connectivity index (χ3v) is 5.44. The van der Waals surface area contributed by atoms with Gasteiger partial charge in [0.25, 0.3) is 0 Å². The summed E-state index contributed by atoms with van der Waals surface area (Å²) >= 11 is 0. The highest BCUT2D eigenvalue weighted by Crippen LogP contribution is 2.30. The van der Waals surface area contributed by atoms with Crippen LogP contribution in [0.4, 0.5) is 0 Å². The normalized spacial score (nSPS) is 26.5. The Kier molecular flexibility index (Phi) is 4.44. The average molecular weight is 261 g/mol. The highest BCUT2D eigenvalue weighted by molar-refractivity contribution is 7.89. The molecule has 5 heteroatoms. The van der Waals surface area contributed by atoms with Gasteiger partial charge in [0, 0.05) is 19.7 Å². The van der Waals surface area contributed by atoms with Gasteiger partial charge in [-0.05, 0) is 31.6 Å². The van der Waals surface area contributed by atoms with Gasteiger partial charge in [-0.15, -0.1) is 0 Å². The van der Waals surface area contributed by atoms with E-state index in [1.54, 1.807) is 4.31 Å². The molecule has 0 bridgehead atoms. The minimum atomic E-state index is -3.02. The first-order valence-corrected chi connectivity index (χ1v) is 8.32. The third-order valence-electron chi connectivity index (χ3n) is 3.52. The zero-order valence-electron chi connectivity index (χ0n) is 10.6. The molecule has 17 heavy (non-hydrogen) atoms. The lowest BCUT2D eigenvalue weighted by Crippen LogP contribution is -2.32. The van der Waals surface area contributed by atoms with Crippen LogP contribution >= 0.6 is 0 Å². The zero-order chi connectivity index (χ0) is 12.3. The van der Waals surface area contributed by atoms with E-state index in [9.17, 15) is 8.42 Å². The first-order valence-electron chi connectivity index (χ1n) is 6.71. The molecular weight excluding hydrogens is 238 g/mol. The molecule has 1 saturated heterocycles.